The fourth-order valence-corrected chi connectivity index (χ4v) is 1.59. The van der Waals surface area contributed by atoms with Crippen LogP contribution in [0.2, 0.25) is 0 Å². The Morgan fingerprint density at radius 3 is 2.61 bits per heavy atom. The lowest BCUT2D eigenvalue weighted by atomic mass is 10.2. The summed E-state index contributed by atoms with van der Waals surface area (Å²) in [7, 11) is 0. The second-order valence-corrected chi connectivity index (χ2v) is 4.03. The number of hydrogen-bond acceptors (Lipinski definition) is 4. The summed E-state index contributed by atoms with van der Waals surface area (Å²) in [4.78, 5) is 14.2. The molecule has 0 bridgehead atoms. The van der Waals surface area contributed by atoms with Crippen LogP contribution in [0.15, 0.2) is 42.7 Å². The van der Waals surface area contributed by atoms with Gasteiger partial charge in [0, 0.05) is 31.1 Å². The molecule has 2 aromatic rings. The van der Waals surface area contributed by atoms with Gasteiger partial charge in [0.05, 0.1) is 10.6 Å². The normalized spacial score (nSPS) is 10.1. The quantitative estimate of drug-likeness (QED) is 0.662. The predicted molar refractivity (Wildman–Crippen MR) is 69.4 cm³/mol. The summed E-state index contributed by atoms with van der Waals surface area (Å²) in [5, 5.41) is 13.7. The minimum absolute atomic E-state index is 0.107. The van der Waals surface area contributed by atoms with E-state index in [1.165, 1.54) is 12.1 Å². The van der Waals surface area contributed by atoms with E-state index in [9.17, 15) is 10.1 Å². The summed E-state index contributed by atoms with van der Waals surface area (Å²) in [5.74, 6) is 0. The van der Waals surface area contributed by atoms with Gasteiger partial charge in [0.25, 0.3) is 5.69 Å². The molecule has 5 heteroatoms. The van der Waals surface area contributed by atoms with Crippen LogP contribution in [0.5, 0.6) is 0 Å². The van der Waals surface area contributed by atoms with Gasteiger partial charge in [-0.3, -0.25) is 15.1 Å². The lowest BCUT2D eigenvalue weighted by molar-refractivity contribution is -0.384. The molecule has 0 aliphatic carbocycles. The fourth-order valence-electron chi connectivity index (χ4n) is 1.59. The molecule has 1 N–H and O–H groups in total. The maximum Gasteiger partial charge on any atom is 0.269 e. The maximum atomic E-state index is 10.5. The van der Waals surface area contributed by atoms with Crippen LogP contribution in [0.4, 0.5) is 11.4 Å². The third-order valence-corrected chi connectivity index (χ3v) is 2.52. The molecule has 0 aliphatic heterocycles. The number of aromatic nitrogens is 1. The number of hydrogen-bond donors (Lipinski definition) is 1. The highest BCUT2D eigenvalue weighted by atomic mass is 16.6. The van der Waals surface area contributed by atoms with Crippen LogP contribution in [0.1, 0.15) is 11.1 Å². The molecule has 1 aromatic heterocycles. The lowest BCUT2D eigenvalue weighted by Gasteiger charge is -2.06. The number of nitro groups is 1. The van der Waals surface area contributed by atoms with Crippen LogP contribution < -0.4 is 5.32 Å². The molecule has 0 atom stereocenters. The zero-order chi connectivity index (χ0) is 13.0. The molecule has 0 amide bonds. The highest BCUT2D eigenvalue weighted by Crippen LogP contribution is 2.14. The predicted octanol–water partition coefficient (Wildman–Crippen LogP) is 2.91. The Labute approximate surface area is 105 Å². The van der Waals surface area contributed by atoms with Gasteiger partial charge in [-0.1, -0.05) is 12.1 Å². The van der Waals surface area contributed by atoms with E-state index in [1.54, 1.807) is 24.5 Å². The third-order valence-electron chi connectivity index (χ3n) is 2.52. The monoisotopic (exact) mass is 243 g/mol. The van der Waals surface area contributed by atoms with Crippen LogP contribution >= 0.6 is 0 Å². The number of anilines is 1. The number of nitro benzene ring substituents is 1. The zero-order valence-electron chi connectivity index (χ0n) is 9.96. The molecule has 92 valence electrons. The molecular formula is C13H13N3O2. The minimum atomic E-state index is -0.401. The van der Waals surface area contributed by atoms with Crippen molar-refractivity contribution < 1.29 is 4.92 Å². The number of pyridine rings is 1. The van der Waals surface area contributed by atoms with E-state index in [2.05, 4.69) is 10.3 Å². The van der Waals surface area contributed by atoms with Gasteiger partial charge in [-0.25, -0.2) is 0 Å². The van der Waals surface area contributed by atoms with Crippen molar-refractivity contribution >= 4 is 11.4 Å². The SMILES string of the molecule is Cc1cncc(NCc2ccc([N+](=O)[O-])cc2)c1. The molecular weight excluding hydrogens is 230 g/mol. The largest absolute Gasteiger partial charge is 0.380 e. The van der Waals surface area contributed by atoms with Crippen LogP contribution in [0.25, 0.3) is 0 Å². The topological polar surface area (TPSA) is 68.1 Å². The number of rotatable bonds is 4. The van der Waals surface area contributed by atoms with Crippen molar-refractivity contribution in [3.63, 3.8) is 0 Å². The first-order valence-corrected chi connectivity index (χ1v) is 5.54. The zero-order valence-corrected chi connectivity index (χ0v) is 9.96. The number of aryl methyl sites for hydroxylation is 1. The number of nitrogens with zero attached hydrogens (tertiary/aromatic N) is 2. The van der Waals surface area contributed by atoms with Crippen LogP contribution in [0, 0.1) is 17.0 Å². The molecule has 0 saturated heterocycles. The summed E-state index contributed by atoms with van der Waals surface area (Å²) in [6.45, 7) is 2.59. The number of benzene rings is 1. The van der Waals surface area contributed by atoms with Crippen LogP contribution in [0.3, 0.4) is 0 Å². The molecule has 1 heterocycles. The number of non-ortho nitro benzene ring substituents is 1. The molecule has 0 saturated carbocycles. The van der Waals surface area contributed by atoms with Gasteiger partial charge in [-0.05, 0) is 24.1 Å². The first-order valence-electron chi connectivity index (χ1n) is 5.54. The summed E-state index contributed by atoms with van der Waals surface area (Å²) < 4.78 is 0. The average molecular weight is 243 g/mol. The third kappa shape index (κ3) is 3.04. The van der Waals surface area contributed by atoms with Crippen molar-refractivity contribution in [3.8, 4) is 0 Å². The maximum absolute atomic E-state index is 10.5. The fraction of sp³-hybridized carbons (Fsp3) is 0.154. The van der Waals surface area contributed by atoms with Gasteiger partial charge in [0.2, 0.25) is 0 Å². The molecule has 0 fully saturated rings. The molecule has 0 radical (unpaired) electrons. The summed E-state index contributed by atoms with van der Waals surface area (Å²) >= 11 is 0. The Kier molecular flexibility index (Phi) is 3.52. The van der Waals surface area contributed by atoms with Crippen molar-refractivity contribution in [1.29, 1.82) is 0 Å². The van der Waals surface area contributed by atoms with E-state index in [0.717, 1.165) is 16.8 Å². The standard InChI is InChI=1S/C13H13N3O2/c1-10-6-12(9-14-7-10)15-8-11-2-4-13(5-3-11)16(17)18/h2-7,9,15H,8H2,1H3. The van der Waals surface area contributed by atoms with E-state index >= 15 is 0 Å². The van der Waals surface area contributed by atoms with Crippen molar-refractivity contribution in [2.45, 2.75) is 13.5 Å². The molecule has 0 unspecified atom stereocenters. The highest BCUT2D eigenvalue weighted by molar-refractivity contribution is 5.43. The van der Waals surface area contributed by atoms with E-state index in [1.807, 2.05) is 13.0 Å². The molecule has 1 aromatic carbocycles. The van der Waals surface area contributed by atoms with E-state index < -0.39 is 4.92 Å². The van der Waals surface area contributed by atoms with Gasteiger partial charge in [0.1, 0.15) is 0 Å². The molecule has 5 nitrogen and oxygen atoms in total. The average Bonchev–Trinajstić information content (AvgIpc) is 2.37. The first kappa shape index (κ1) is 12.0. The Morgan fingerprint density at radius 1 is 1.28 bits per heavy atom. The second-order valence-electron chi connectivity index (χ2n) is 4.03. The molecule has 18 heavy (non-hydrogen) atoms. The molecule has 0 spiro atoms. The van der Waals surface area contributed by atoms with Crippen LogP contribution in [-0.2, 0) is 6.54 Å². The highest BCUT2D eigenvalue weighted by Gasteiger charge is 2.03. The van der Waals surface area contributed by atoms with Gasteiger partial charge in [-0.15, -0.1) is 0 Å². The Balaban J connectivity index is 2.00. The lowest BCUT2D eigenvalue weighted by Crippen LogP contribution is -2.00. The van der Waals surface area contributed by atoms with Crippen molar-refractivity contribution in [3.05, 3.63) is 64.0 Å². The van der Waals surface area contributed by atoms with E-state index in [0.29, 0.717) is 6.54 Å². The van der Waals surface area contributed by atoms with Crippen molar-refractivity contribution in [2.75, 3.05) is 5.32 Å². The van der Waals surface area contributed by atoms with Crippen molar-refractivity contribution in [1.82, 2.24) is 4.98 Å². The summed E-state index contributed by atoms with van der Waals surface area (Å²) in [5.41, 5.74) is 3.12. The van der Waals surface area contributed by atoms with Crippen LogP contribution in [-0.4, -0.2) is 9.91 Å². The van der Waals surface area contributed by atoms with Gasteiger partial charge >= 0.3 is 0 Å². The van der Waals surface area contributed by atoms with Gasteiger partial charge in [-0.2, -0.15) is 0 Å². The Morgan fingerprint density at radius 2 is 2.00 bits per heavy atom. The van der Waals surface area contributed by atoms with Crippen molar-refractivity contribution in [2.24, 2.45) is 0 Å². The molecule has 0 aliphatic rings. The smallest absolute Gasteiger partial charge is 0.269 e. The second kappa shape index (κ2) is 5.27. The van der Waals surface area contributed by atoms with Gasteiger partial charge < -0.3 is 5.32 Å². The Hall–Kier alpha value is -2.43. The van der Waals surface area contributed by atoms with E-state index in [4.69, 9.17) is 0 Å². The summed E-state index contributed by atoms with van der Waals surface area (Å²) in [6, 6.07) is 8.50. The van der Waals surface area contributed by atoms with E-state index in [-0.39, 0.29) is 5.69 Å². The Bertz CT molecular complexity index is 552. The van der Waals surface area contributed by atoms with Gasteiger partial charge in [0.15, 0.2) is 0 Å². The minimum Gasteiger partial charge on any atom is -0.380 e. The molecule has 2 rings (SSSR count). The first-order chi connectivity index (χ1) is 8.65. The summed E-state index contributed by atoms with van der Waals surface area (Å²) in [6.07, 6.45) is 3.54. The number of nitrogens with one attached hydrogen (secondary N) is 1.